The van der Waals surface area contributed by atoms with Crippen molar-refractivity contribution in [2.24, 2.45) is 0 Å². The van der Waals surface area contributed by atoms with E-state index in [0.29, 0.717) is 11.5 Å². The van der Waals surface area contributed by atoms with Crippen LogP contribution in [0.25, 0.3) is 121 Å². The van der Waals surface area contributed by atoms with Gasteiger partial charge in [0, 0.05) is 43.3 Å². The fourth-order valence-electron chi connectivity index (χ4n) is 9.22. The van der Waals surface area contributed by atoms with Gasteiger partial charge >= 0.3 is 0 Å². The van der Waals surface area contributed by atoms with Crippen LogP contribution in [0.4, 0.5) is 0 Å². The number of para-hydroxylation sites is 4. The van der Waals surface area contributed by atoms with Gasteiger partial charge in [0.15, 0.2) is 5.58 Å². The molecule has 5 heterocycles. The minimum absolute atomic E-state index is 0.617. The molecule has 5 heteroatoms. The molecule has 0 aliphatic rings. The maximum Gasteiger partial charge on any atom is 0.236 e. The minimum atomic E-state index is 0.617. The highest BCUT2D eigenvalue weighted by Gasteiger charge is 2.24. The van der Waals surface area contributed by atoms with E-state index in [9.17, 15) is 0 Å². The average Bonchev–Trinajstić information content (AvgIpc) is 3.95. The van der Waals surface area contributed by atoms with E-state index in [1.54, 1.807) is 0 Å². The van der Waals surface area contributed by atoms with Crippen LogP contribution >= 0.6 is 0 Å². The predicted molar refractivity (Wildman–Crippen MR) is 219 cm³/mol. The number of hydrogen-bond acceptors (Lipinski definition) is 3. The first kappa shape index (κ1) is 27.5. The molecule has 0 N–H and O–H groups in total. The Morgan fingerprint density at radius 2 is 1.13 bits per heavy atom. The quantitative estimate of drug-likeness (QED) is 0.183. The molecule has 0 radical (unpaired) electrons. The first-order valence-electron chi connectivity index (χ1n) is 18.0. The Balaban J connectivity index is 1.16. The Bertz CT molecular complexity index is 3690. The summed E-state index contributed by atoms with van der Waals surface area (Å²) in [6.07, 6.45) is 0. The average molecular weight is 675 g/mol. The fourth-order valence-corrected chi connectivity index (χ4v) is 9.22. The van der Waals surface area contributed by atoms with E-state index < -0.39 is 0 Å². The van der Waals surface area contributed by atoms with Crippen LogP contribution in [0.15, 0.2) is 162 Å². The molecule has 0 amide bonds. The van der Waals surface area contributed by atoms with Crippen molar-refractivity contribution in [3.8, 4) is 17.2 Å². The lowest BCUT2D eigenvalue weighted by Crippen LogP contribution is -2.03. The molecule has 13 aromatic rings. The molecule has 53 heavy (non-hydrogen) atoms. The van der Waals surface area contributed by atoms with Crippen LogP contribution in [-0.2, 0) is 0 Å². The van der Waals surface area contributed by atoms with Crippen LogP contribution in [0.3, 0.4) is 0 Å². The summed E-state index contributed by atoms with van der Waals surface area (Å²) < 4.78 is 11.3. The standard InChI is InChI=1S/C48H26N4O/c1-2-13-29-27(11-1)12-9-17-31(29)44-47-45(35-16-5-8-22-42(35)53-47)50-48(49-44)52-39-21-7-4-15-34(39)43-36-26-37-33-19-10-18-32-30-14-3-6-20-38(30)51(46(32)33)41(37)25-28(36)23-24-40(43)52/h1-26H. The third kappa shape index (κ3) is 3.46. The van der Waals surface area contributed by atoms with Gasteiger partial charge in [0.25, 0.3) is 0 Å². The van der Waals surface area contributed by atoms with Gasteiger partial charge in [0.2, 0.25) is 5.95 Å². The molecule has 13 rings (SSSR count). The maximum atomic E-state index is 6.57. The van der Waals surface area contributed by atoms with Crippen molar-refractivity contribution < 1.29 is 4.42 Å². The summed E-state index contributed by atoms with van der Waals surface area (Å²) in [4.78, 5) is 10.8. The molecule has 0 aliphatic carbocycles. The highest BCUT2D eigenvalue weighted by molar-refractivity contribution is 6.28. The SMILES string of the molecule is c1ccc2c(-c3nc(-n4c5ccccc5c5c6cc7c8cccc9c%10ccccc%10n(c7cc6ccc54)c98)nc4c3oc3ccccc34)cccc2c1. The van der Waals surface area contributed by atoms with Crippen molar-refractivity contribution in [2.75, 3.05) is 0 Å². The Morgan fingerprint density at radius 3 is 2.04 bits per heavy atom. The van der Waals surface area contributed by atoms with Gasteiger partial charge in [-0.3, -0.25) is 4.57 Å². The topological polar surface area (TPSA) is 48.3 Å². The number of benzene rings is 8. The zero-order valence-electron chi connectivity index (χ0n) is 28.2. The Morgan fingerprint density at radius 1 is 0.434 bits per heavy atom. The summed E-state index contributed by atoms with van der Waals surface area (Å²) in [7, 11) is 0. The van der Waals surface area contributed by atoms with Gasteiger partial charge in [-0.05, 0) is 64.0 Å². The van der Waals surface area contributed by atoms with Crippen LogP contribution in [-0.4, -0.2) is 18.9 Å². The number of furan rings is 1. The first-order valence-corrected chi connectivity index (χ1v) is 18.0. The van der Waals surface area contributed by atoms with Crippen molar-refractivity contribution in [1.29, 1.82) is 0 Å². The second-order valence-electron chi connectivity index (χ2n) is 14.1. The van der Waals surface area contributed by atoms with Gasteiger partial charge < -0.3 is 8.82 Å². The summed E-state index contributed by atoms with van der Waals surface area (Å²) in [6, 6.07) is 56.4. The van der Waals surface area contributed by atoms with Crippen LogP contribution in [0.5, 0.6) is 0 Å². The molecule has 0 saturated heterocycles. The van der Waals surface area contributed by atoms with Crippen LogP contribution in [0, 0.1) is 0 Å². The monoisotopic (exact) mass is 674 g/mol. The van der Waals surface area contributed by atoms with Crippen molar-refractivity contribution in [3.05, 3.63) is 158 Å². The zero-order valence-corrected chi connectivity index (χ0v) is 28.2. The van der Waals surface area contributed by atoms with Crippen molar-refractivity contribution in [1.82, 2.24) is 18.9 Å². The first-order chi connectivity index (χ1) is 26.3. The lowest BCUT2D eigenvalue weighted by molar-refractivity contribution is 0.666. The van der Waals surface area contributed by atoms with Crippen LogP contribution < -0.4 is 0 Å². The number of rotatable bonds is 2. The van der Waals surface area contributed by atoms with Crippen molar-refractivity contribution in [3.63, 3.8) is 0 Å². The third-order valence-electron chi connectivity index (χ3n) is 11.4. The predicted octanol–water partition coefficient (Wildman–Crippen LogP) is 12.6. The minimum Gasteiger partial charge on any atom is -0.452 e. The van der Waals surface area contributed by atoms with Gasteiger partial charge in [-0.1, -0.05) is 115 Å². The highest BCUT2D eigenvalue weighted by Crippen LogP contribution is 2.44. The largest absolute Gasteiger partial charge is 0.452 e. The fraction of sp³-hybridized carbons (Fsp3) is 0. The van der Waals surface area contributed by atoms with Gasteiger partial charge in [-0.15, -0.1) is 0 Å². The molecular formula is C48H26N4O. The normalized spacial score (nSPS) is 12.5. The number of aromatic nitrogens is 4. The molecule has 0 spiro atoms. The molecule has 0 unspecified atom stereocenters. The van der Waals surface area contributed by atoms with Crippen LogP contribution in [0.1, 0.15) is 0 Å². The van der Waals surface area contributed by atoms with Gasteiger partial charge in [-0.25, -0.2) is 9.97 Å². The number of hydrogen-bond donors (Lipinski definition) is 0. The highest BCUT2D eigenvalue weighted by atomic mass is 16.3. The summed E-state index contributed by atoms with van der Waals surface area (Å²) in [5.41, 5.74) is 9.98. The van der Waals surface area contributed by atoms with E-state index in [4.69, 9.17) is 14.4 Å². The molecule has 5 aromatic heterocycles. The molecular weight excluding hydrogens is 649 g/mol. The second-order valence-corrected chi connectivity index (χ2v) is 14.1. The molecule has 0 aliphatic heterocycles. The summed E-state index contributed by atoms with van der Waals surface area (Å²) >= 11 is 0. The summed E-state index contributed by atoms with van der Waals surface area (Å²) in [5, 5.41) is 13.1. The van der Waals surface area contributed by atoms with E-state index in [-0.39, 0.29) is 0 Å². The van der Waals surface area contributed by atoms with Gasteiger partial charge in [0.1, 0.15) is 16.8 Å². The summed E-state index contributed by atoms with van der Waals surface area (Å²) in [5.74, 6) is 0.617. The second kappa shape index (κ2) is 9.75. The molecule has 8 aromatic carbocycles. The van der Waals surface area contributed by atoms with E-state index >= 15 is 0 Å². The molecule has 5 nitrogen and oxygen atoms in total. The van der Waals surface area contributed by atoms with Crippen LogP contribution in [0.2, 0.25) is 0 Å². The Hall–Kier alpha value is -7.24. The molecule has 244 valence electrons. The van der Waals surface area contributed by atoms with E-state index in [2.05, 4.69) is 148 Å². The van der Waals surface area contributed by atoms with E-state index in [1.165, 1.54) is 59.6 Å². The lowest BCUT2D eigenvalue weighted by atomic mass is 10.0. The van der Waals surface area contributed by atoms with E-state index in [1.807, 2.05) is 18.2 Å². The molecule has 0 bridgehead atoms. The number of nitrogens with zero attached hydrogens (tertiary/aromatic N) is 4. The Kier molecular flexibility index (Phi) is 5.06. The van der Waals surface area contributed by atoms with Crippen molar-refractivity contribution in [2.45, 2.75) is 0 Å². The Labute approximate surface area is 300 Å². The van der Waals surface area contributed by atoms with Gasteiger partial charge in [0.05, 0.1) is 27.6 Å². The lowest BCUT2D eigenvalue weighted by Gasteiger charge is -2.11. The molecule has 0 saturated carbocycles. The van der Waals surface area contributed by atoms with Gasteiger partial charge in [-0.2, -0.15) is 0 Å². The molecule has 0 atom stereocenters. The maximum absolute atomic E-state index is 6.57. The van der Waals surface area contributed by atoms with Crippen molar-refractivity contribution >= 4 is 104 Å². The molecule has 0 fully saturated rings. The van der Waals surface area contributed by atoms with E-state index in [0.717, 1.165) is 49.5 Å². The third-order valence-corrected chi connectivity index (χ3v) is 11.4. The summed E-state index contributed by atoms with van der Waals surface area (Å²) in [6.45, 7) is 0. The number of fused-ring (bicyclic) bond motifs is 15. The smallest absolute Gasteiger partial charge is 0.236 e. The zero-order chi connectivity index (χ0) is 34.4.